The molecule has 2 aromatic rings. The van der Waals surface area contributed by atoms with Crippen LogP contribution < -0.4 is 10.6 Å². The van der Waals surface area contributed by atoms with Gasteiger partial charge in [0.25, 0.3) is 0 Å². The van der Waals surface area contributed by atoms with Crippen molar-refractivity contribution in [1.29, 1.82) is 0 Å². The Labute approximate surface area is 123 Å². The first kappa shape index (κ1) is 13.8. The van der Waals surface area contributed by atoms with Crippen molar-refractivity contribution in [1.82, 2.24) is 20.1 Å². The number of carbonyl (C=O) groups is 1. The van der Waals surface area contributed by atoms with Gasteiger partial charge in [-0.25, -0.2) is 9.67 Å². The molecule has 110 valence electrons. The first-order valence-electron chi connectivity index (χ1n) is 7.24. The molecular weight excluding hydrogens is 266 g/mol. The lowest BCUT2D eigenvalue weighted by Gasteiger charge is -2.07. The normalized spacial score (nSPS) is 14.1. The lowest BCUT2D eigenvalue weighted by atomic mass is 10.2. The quantitative estimate of drug-likeness (QED) is 0.807. The minimum Gasteiger partial charge on any atom is -0.326 e. The molecule has 1 aromatic heterocycles. The zero-order valence-corrected chi connectivity index (χ0v) is 11.8. The number of anilines is 1. The van der Waals surface area contributed by atoms with Crippen LogP contribution in [0.4, 0.5) is 5.69 Å². The van der Waals surface area contributed by atoms with Gasteiger partial charge in [-0.1, -0.05) is 12.1 Å². The zero-order chi connectivity index (χ0) is 14.5. The summed E-state index contributed by atoms with van der Waals surface area (Å²) < 4.78 is 1.76. The molecule has 0 spiro atoms. The van der Waals surface area contributed by atoms with Crippen molar-refractivity contribution in [3.05, 3.63) is 42.5 Å². The number of carbonyl (C=O) groups excluding carboxylic acids is 1. The van der Waals surface area contributed by atoms with Gasteiger partial charge in [0, 0.05) is 24.7 Å². The van der Waals surface area contributed by atoms with Gasteiger partial charge in [0.2, 0.25) is 5.91 Å². The number of amides is 1. The minimum atomic E-state index is 0.0483. The summed E-state index contributed by atoms with van der Waals surface area (Å²) in [6.07, 6.45) is 6.20. The lowest BCUT2D eigenvalue weighted by molar-refractivity contribution is -0.116. The summed E-state index contributed by atoms with van der Waals surface area (Å²) in [5, 5.41) is 10.3. The number of rotatable bonds is 7. The third-order valence-corrected chi connectivity index (χ3v) is 3.41. The Bertz CT molecular complexity index is 575. The second-order valence-corrected chi connectivity index (χ2v) is 5.32. The highest BCUT2D eigenvalue weighted by atomic mass is 16.1. The highest BCUT2D eigenvalue weighted by Crippen LogP contribution is 2.18. The Morgan fingerprint density at radius 1 is 1.29 bits per heavy atom. The molecule has 1 heterocycles. The van der Waals surface area contributed by atoms with E-state index < -0.39 is 0 Å². The number of nitrogens with one attached hydrogen (secondary N) is 2. The number of nitrogens with zero attached hydrogens (tertiary/aromatic N) is 3. The van der Waals surface area contributed by atoms with Crippen molar-refractivity contribution in [2.24, 2.45) is 0 Å². The van der Waals surface area contributed by atoms with Gasteiger partial charge in [-0.3, -0.25) is 4.79 Å². The van der Waals surface area contributed by atoms with E-state index in [1.165, 1.54) is 19.2 Å². The molecule has 1 aromatic carbocycles. The van der Waals surface area contributed by atoms with E-state index in [0.29, 0.717) is 19.0 Å². The van der Waals surface area contributed by atoms with Gasteiger partial charge < -0.3 is 10.6 Å². The number of hydrogen-bond acceptors (Lipinski definition) is 4. The molecule has 6 heteroatoms. The predicted octanol–water partition coefficient (Wildman–Crippen LogP) is 1.41. The third-order valence-electron chi connectivity index (χ3n) is 3.41. The summed E-state index contributed by atoms with van der Waals surface area (Å²) in [5.41, 5.74) is 1.95. The smallest absolute Gasteiger partial charge is 0.225 e. The van der Waals surface area contributed by atoms with Crippen LogP contribution in [0.1, 0.15) is 24.8 Å². The monoisotopic (exact) mass is 285 g/mol. The maximum atomic E-state index is 11.8. The molecule has 0 bridgehead atoms. The van der Waals surface area contributed by atoms with Gasteiger partial charge in [0.05, 0.1) is 6.54 Å². The topological polar surface area (TPSA) is 71.8 Å². The summed E-state index contributed by atoms with van der Waals surface area (Å²) in [7, 11) is 0. The van der Waals surface area contributed by atoms with Crippen molar-refractivity contribution in [2.45, 2.75) is 31.8 Å². The summed E-state index contributed by atoms with van der Waals surface area (Å²) in [6, 6.07) is 8.45. The van der Waals surface area contributed by atoms with Gasteiger partial charge in [-0.2, -0.15) is 5.10 Å². The second-order valence-electron chi connectivity index (χ2n) is 5.32. The molecule has 2 N–H and O–H groups in total. The molecule has 0 aliphatic heterocycles. The van der Waals surface area contributed by atoms with Crippen molar-refractivity contribution in [3.8, 4) is 0 Å². The molecule has 0 saturated heterocycles. The van der Waals surface area contributed by atoms with Crippen LogP contribution in [0.5, 0.6) is 0 Å². The average Bonchev–Trinajstić information content (AvgIpc) is 3.16. The molecule has 3 rings (SSSR count). The Hall–Kier alpha value is -2.21. The first-order chi connectivity index (χ1) is 10.3. The van der Waals surface area contributed by atoms with Crippen LogP contribution in [-0.4, -0.2) is 33.3 Å². The second kappa shape index (κ2) is 6.49. The first-order valence-corrected chi connectivity index (χ1v) is 7.24. The van der Waals surface area contributed by atoms with E-state index in [-0.39, 0.29) is 5.91 Å². The Kier molecular flexibility index (Phi) is 4.25. The molecule has 21 heavy (non-hydrogen) atoms. The molecule has 6 nitrogen and oxygen atoms in total. The summed E-state index contributed by atoms with van der Waals surface area (Å²) in [4.78, 5) is 15.7. The highest BCUT2D eigenvalue weighted by Gasteiger charge is 2.20. The van der Waals surface area contributed by atoms with Crippen LogP contribution in [0.25, 0.3) is 0 Å². The number of aromatic nitrogens is 3. The largest absolute Gasteiger partial charge is 0.326 e. The fourth-order valence-electron chi connectivity index (χ4n) is 2.10. The lowest BCUT2D eigenvalue weighted by Crippen LogP contribution is -2.23. The minimum absolute atomic E-state index is 0.0483. The fourth-order valence-corrected chi connectivity index (χ4v) is 2.10. The predicted molar refractivity (Wildman–Crippen MR) is 79.8 cm³/mol. The summed E-state index contributed by atoms with van der Waals surface area (Å²) >= 11 is 0. The van der Waals surface area contributed by atoms with Gasteiger partial charge in [-0.15, -0.1) is 0 Å². The molecule has 1 saturated carbocycles. The maximum absolute atomic E-state index is 11.8. The van der Waals surface area contributed by atoms with Crippen molar-refractivity contribution < 1.29 is 4.79 Å². The Morgan fingerprint density at radius 3 is 2.76 bits per heavy atom. The zero-order valence-electron chi connectivity index (χ0n) is 11.8. The number of hydrogen-bond donors (Lipinski definition) is 2. The van der Waals surface area contributed by atoms with E-state index in [1.807, 2.05) is 24.3 Å². The molecule has 0 atom stereocenters. The number of benzene rings is 1. The highest BCUT2D eigenvalue weighted by molar-refractivity contribution is 5.90. The Balaban J connectivity index is 1.45. The molecule has 1 fully saturated rings. The van der Waals surface area contributed by atoms with Crippen LogP contribution in [0.2, 0.25) is 0 Å². The third kappa shape index (κ3) is 4.39. The Morgan fingerprint density at radius 2 is 2.10 bits per heavy atom. The van der Waals surface area contributed by atoms with E-state index >= 15 is 0 Å². The molecule has 0 unspecified atom stereocenters. The van der Waals surface area contributed by atoms with E-state index in [4.69, 9.17) is 0 Å². The van der Waals surface area contributed by atoms with Gasteiger partial charge in [-0.05, 0) is 30.5 Å². The molecule has 1 amide bonds. The molecular formula is C15H19N5O. The van der Waals surface area contributed by atoms with Crippen LogP contribution in [0.3, 0.4) is 0 Å². The summed E-state index contributed by atoms with van der Waals surface area (Å²) in [5.74, 6) is 0.0483. The van der Waals surface area contributed by atoms with Crippen LogP contribution >= 0.6 is 0 Å². The van der Waals surface area contributed by atoms with Gasteiger partial charge in [0.15, 0.2) is 0 Å². The molecule has 0 radical (unpaired) electrons. The summed E-state index contributed by atoms with van der Waals surface area (Å²) in [6.45, 7) is 1.43. The van der Waals surface area contributed by atoms with Gasteiger partial charge in [0.1, 0.15) is 12.7 Å². The fraction of sp³-hybridized carbons (Fsp3) is 0.400. The molecule has 1 aliphatic carbocycles. The van der Waals surface area contributed by atoms with Crippen LogP contribution in [-0.2, 0) is 11.3 Å². The van der Waals surface area contributed by atoms with Crippen molar-refractivity contribution in [2.75, 3.05) is 11.9 Å². The van der Waals surface area contributed by atoms with E-state index in [9.17, 15) is 4.79 Å². The van der Waals surface area contributed by atoms with Crippen molar-refractivity contribution in [3.63, 3.8) is 0 Å². The van der Waals surface area contributed by atoms with Gasteiger partial charge >= 0.3 is 0 Å². The van der Waals surface area contributed by atoms with E-state index in [0.717, 1.165) is 17.8 Å². The average molecular weight is 285 g/mol. The SMILES string of the molecule is O=C(CCNC1CC1)Nc1ccc(Cn2cncn2)cc1. The van der Waals surface area contributed by atoms with E-state index in [2.05, 4.69) is 20.7 Å². The van der Waals surface area contributed by atoms with Crippen molar-refractivity contribution >= 4 is 11.6 Å². The maximum Gasteiger partial charge on any atom is 0.225 e. The van der Waals surface area contributed by atoms with Crippen LogP contribution in [0, 0.1) is 0 Å². The standard InChI is InChI=1S/C15H19N5O/c21-15(7-8-17-13-5-6-13)19-14-3-1-12(2-4-14)9-20-11-16-10-18-20/h1-4,10-11,13,17H,5-9H2,(H,19,21). The van der Waals surface area contributed by atoms with E-state index in [1.54, 1.807) is 11.0 Å². The van der Waals surface area contributed by atoms with Crippen LogP contribution in [0.15, 0.2) is 36.9 Å². The molecule has 1 aliphatic rings.